The first-order valence-electron chi connectivity index (χ1n) is 6.21. The highest BCUT2D eigenvalue weighted by Crippen LogP contribution is 2.42. The molecule has 0 bridgehead atoms. The van der Waals surface area contributed by atoms with Gasteiger partial charge in [0.15, 0.2) is 0 Å². The summed E-state index contributed by atoms with van der Waals surface area (Å²) in [5, 5.41) is 0.700. The van der Waals surface area contributed by atoms with Crippen LogP contribution in [-0.2, 0) is 0 Å². The van der Waals surface area contributed by atoms with Gasteiger partial charge in [-0.1, -0.05) is 43.5 Å². The van der Waals surface area contributed by atoms with Crippen molar-refractivity contribution < 1.29 is 4.74 Å². The van der Waals surface area contributed by atoms with Crippen LogP contribution >= 0.6 is 43.5 Å². The topological polar surface area (TPSA) is 35.2 Å². The van der Waals surface area contributed by atoms with E-state index in [-0.39, 0.29) is 12.1 Å². The highest BCUT2D eigenvalue weighted by Gasteiger charge is 2.28. The molecule has 0 spiro atoms. The molecule has 1 aliphatic heterocycles. The minimum Gasteiger partial charge on any atom is -0.485 e. The smallest absolute Gasteiger partial charge is 0.127 e. The fourth-order valence-electron chi connectivity index (χ4n) is 2.43. The molecule has 0 fully saturated rings. The molecule has 1 unspecified atom stereocenters. The number of hydrogen-bond acceptors (Lipinski definition) is 2. The molecule has 0 aromatic heterocycles. The average Bonchev–Trinajstić information content (AvgIpc) is 2.42. The van der Waals surface area contributed by atoms with Gasteiger partial charge in [0.2, 0.25) is 0 Å². The van der Waals surface area contributed by atoms with Crippen molar-refractivity contribution in [2.24, 2.45) is 5.73 Å². The lowest BCUT2D eigenvalue weighted by atomic mass is 9.93. The molecule has 0 radical (unpaired) electrons. The minimum absolute atomic E-state index is 0.0590. The Hall–Kier alpha value is -0.550. The predicted molar refractivity (Wildman–Crippen MR) is 88.2 cm³/mol. The summed E-state index contributed by atoms with van der Waals surface area (Å²) >= 11 is 13.2. The summed E-state index contributed by atoms with van der Waals surface area (Å²) in [6, 6.07) is 11.6. The van der Waals surface area contributed by atoms with Crippen molar-refractivity contribution in [3.05, 3.63) is 61.5 Å². The van der Waals surface area contributed by atoms with E-state index in [1.807, 2.05) is 36.4 Å². The van der Waals surface area contributed by atoms with Crippen LogP contribution in [0.1, 0.15) is 29.7 Å². The third-order valence-electron chi connectivity index (χ3n) is 3.41. The lowest BCUT2D eigenvalue weighted by Gasteiger charge is -2.31. The van der Waals surface area contributed by atoms with Crippen LogP contribution in [0.25, 0.3) is 0 Å². The normalized spacial score (nSPS) is 21.2. The van der Waals surface area contributed by atoms with Gasteiger partial charge in [-0.3, -0.25) is 0 Å². The predicted octanol–water partition coefficient (Wildman–Crippen LogP) is 5.39. The van der Waals surface area contributed by atoms with Crippen molar-refractivity contribution in [3.8, 4) is 5.75 Å². The van der Waals surface area contributed by atoms with Gasteiger partial charge in [-0.25, -0.2) is 0 Å². The molecule has 2 aromatic rings. The summed E-state index contributed by atoms with van der Waals surface area (Å²) in [4.78, 5) is 0. The number of benzene rings is 2. The first-order valence-corrected chi connectivity index (χ1v) is 8.17. The number of nitrogens with two attached hydrogens (primary N) is 1. The molecule has 2 aromatic carbocycles. The summed E-state index contributed by atoms with van der Waals surface area (Å²) < 4.78 is 8.06. The Balaban J connectivity index is 1.99. The van der Waals surface area contributed by atoms with Crippen LogP contribution < -0.4 is 10.5 Å². The summed E-state index contributed by atoms with van der Waals surface area (Å²) in [5.41, 5.74) is 8.27. The van der Waals surface area contributed by atoms with Crippen LogP contribution in [-0.4, -0.2) is 0 Å². The van der Waals surface area contributed by atoms with Gasteiger partial charge < -0.3 is 10.5 Å². The number of fused-ring (bicyclic) bond motifs is 1. The molecule has 2 N–H and O–H groups in total. The number of rotatable bonds is 1. The molecule has 0 aliphatic carbocycles. The van der Waals surface area contributed by atoms with Crippen molar-refractivity contribution in [2.75, 3.05) is 0 Å². The van der Waals surface area contributed by atoms with Gasteiger partial charge >= 0.3 is 0 Å². The summed E-state index contributed by atoms with van der Waals surface area (Å²) in [5.74, 6) is 0.827. The third-order valence-corrected chi connectivity index (χ3v) is 4.74. The van der Waals surface area contributed by atoms with Crippen molar-refractivity contribution >= 4 is 43.5 Å². The SMILES string of the molecule is N[C@H]1CC(c2cc(Br)ccc2Cl)Oc2ccc(Br)cc21. The van der Waals surface area contributed by atoms with Gasteiger partial charge in [-0.05, 0) is 36.4 Å². The number of halogens is 3. The first kappa shape index (κ1) is 14.4. The Labute approximate surface area is 139 Å². The lowest BCUT2D eigenvalue weighted by Crippen LogP contribution is -2.24. The van der Waals surface area contributed by atoms with Gasteiger partial charge in [0.05, 0.1) is 0 Å². The Bertz CT molecular complexity index is 662. The van der Waals surface area contributed by atoms with E-state index in [1.165, 1.54) is 0 Å². The first-order chi connectivity index (χ1) is 9.54. The summed E-state index contributed by atoms with van der Waals surface area (Å²) in [7, 11) is 0. The second-order valence-corrected chi connectivity index (χ2v) is 7.04. The van der Waals surface area contributed by atoms with Crippen molar-refractivity contribution in [1.82, 2.24) is 0 Å². The monoisotopic (exact) mass is 415 g/mol. The second-order valence-electron chi connectivity index (χ2n) is 4.80. The fraction of sp³-hybridized carbons (Fsp3) is 0.200. The maximum absolute atomic E-state index is 6.28. The van der Waals surface area contributed by atoms with Crippen molar-refractivity contribution in [2.45, 2.75) is 18.6 Å². The van der Waals surface area contributed by atoms with E-state index in [0.717, 1.165) is 25.8 Å². The maximum atomic E-state index is 6.28. The molecule has 1 heterocycles. The highest BCUT2D eigenvalue weighted by molar-refractivity contribution is 9.10. The van der Waals surface area contributed by atoms with E-state index >= 15 is 0 Å². The van der Waals surface area contributed by atoms with Crippen molar-refractivity contribution in [1.29, 1.82) is 0 Å². The van der Waals surface area contributed by atoms with E-state index in [1.54, 1.807) is 0 Å². The van der Waals surface area contributed by atoms with E-state index in [0.29, 0.717) is 11.4 Å². The van der Waals surface area contributed by atoms with Gasteiger partial charge in [0, 0.05) is 37.6 Å². The largest absolute Gasteiger partial charge is 0.485 e. The van der Waals surface area contributed by atoms with Crippen LogP contribution in [0.4, 0.5) is 0 Å². The average molecular weight is 418 g/mol. The molecule has 0 saturated heterocycles. The van der Waals surface area contributed by atoms with Crippen LogP contribution in [0.15, 0.2) is 45.3 Å². The third kappa shape index (κ3) is 2.75. The molecule has 5 heteroatoms. The van der Waals surface area contributed by atoms with Crippen molar-refractivity contribution in [3.63, 3.8) is 0 Å². The van der Waals surface area contributed by atoms with Crippen LogP contribution in [0, 0.1) is 0 Å². The standard InChI is InChI=1S/C15H12Br2ClNO/c16-8-1-3-12(18)10(5-8)15-7-13(19)11-6-9(17)2-4-14(11)20-15/h1-6,13,15H,7,19H2/t13-,15?/m0/s1. The molecule has 0 saturated carbocycles. The van der Waals surface area contributed by atoms with E-state index in [2.05, 4.69) is 31.9 Å². The van der Waals surface area contributed by atoms with E-state index in [9.17, 15) is 0 Å². The molecule has 3 rings (SSSR count). The lowest BCUT2D eigenvalue weighted by molar-refractivity contribution is 0.161. The highest BCUT2D eigenvalue weighted by atomic mass is 79.9. The second kappa shape index (κ2) is 5.68. The van der Waals surface area contributed by atoms with Gasteiger partial charge in [-0.15, -0.1) is 0 Å². The molecule has 2 atom stereocenters. The van der Waals surface area contributed by atoms with Gasteiger partial charge in [0.25, 0.3) is 0 Å². The summed E-state index contributed by atoms with van der Waals surface area (Å²) in [6.07, 6.45) is 0.586. The fourth-order valence-corrected chi connectivity index (χ4v) is 3.42. The zero-order chi connectivity index (χ0) is 14.3. The zero-order valence-corrected chi connectivity index (χ0v) is 14.4. The number of hydrogen-bond donors (Lipinski definition) is 1. The quantitative estimate of drug-likeness (QED) is 0.675. The molecule has 1 aliphatic rings. The zero-order valence-electron chi connectivity index (χ0n) is 10.4. The molecular weight excluding hydrogens is 405 g/mol. The minimum atomic E-state index is -0.122. The molecule has 104 valence electrons. The Morgan fingerprint density at radius 1 is 1.05 bits per heavy atom. The Morgan fingerprint density at radius 3 is 2.45 bits per heavy atom. The molecule has 2 nitrogen and oxygen atoms in total. The van der Waals surface area contributed by atoms with Crippen LogP contribution in [0.2, 0.25) is 5.02 Å². The van der Waals surface area contributed by atoms with E-state index in [4.69, 9.17) is 22.1 Å². The summed E-state index contributed by atoms with van der Waals surface area (Å²) in [6.45, 7) is 0. The maximum Gasteiger partial charge on any atom is 0.127 e. The van der Waals surface area contributed by atoms with E-state index < -0.39 is 0 Å². The Morgan fingerprint density at radius 2 is 1.70 bits per heavy atom. The van der Waals surface area contributed by atoms with Crippen LogP contribution in [0.5, 0.6) is 5.75 Å². The Kier molecular flexibility index (Phi) is 4.09. The molecule has 0 amide bonds. The molecular formula is C15H12Br2ClNO. The molecule has 20 heavy (non-hydrogen) atoms. The van der Waals surface area contributed by atoms with Gasteiger partial charge in [0.1, 0.15) is 11.9 Å². The van der Waals surface area contributed by atoms with Gasteiger partial charge in [-0.2, -0.15) is 0 Å². The number of ether oxygens (including phenoxy) is 1. The van der Waals surface area contributed by atoms with Crippen LogP contribution in [0.3, 0.4) is 0 Å².